The van der Waals surface area contributed by atoms with Crippen molar-refractivity contribution >= 4 is 17.0 Å². The van der Waals surface area contributed by atoms with E-state index in [0.29, 0.717) is 28.9 Å². The van der Waals surface area contributed by atoms with E-state index in [9.17, 15) is 4.79 Å². The van der Waals surface area contributed by atoms with Crippen LogP contribution in [0.2, 0.25) is 0 Å². The third kappa shape index (κ3) is 3.69. The molecule has 1 amide bonds. The molecule has 0 saturated carbocycles. The zero-order valence-electron chi connectivity index (χ0n) is 15.5. The summed E-state index contributed by atoms with van der Waals surface area (Å²) < 4.78 is 10.5. The van der Waals surface area contributed by atoms with E-state index in [1.165, 1.54) is 0 Å². The maximum absolute atomic E-state index is 12.8. The van der Waals surface area contributed by atoms with E-state index in [0.717, 1.165) is 23.4 Å². The van der Waals surface area contributed by atoms with Crippen LogP contribution < -0.4 is 10.1 Å². The van der Waals surface area contributed by atoms with E-state index in [2.05, 4.69) is 15.5 Å². The fraction of sp³-hybridized carbons (Fsp3) is 0.350. The van der Waals surface area contributed by atoms with Crippen molar-refractivity contribution in [3.05, 3.63) is 52.8 Å². The smallest absolute Gasteiger partial charge is 0.259 e. The van der Waals surface area contributed by atoms with Crippen LogP contribution in [0.3, 0.4) is 0 Å². The van der Waals surface area contributed by atoms with Crippen LogP contribution in [0.25, 0.3) is 11.1 Å². The highest BCUT2D eigenvalue weighted by Crippen LogP contribution is 2.25. The predicted molar refractivity (Wildman–Crippen MR) is 99.7 cm³/mol. The topological polar surface area (TPSA) is 77.2 Å². The number of fused-ring (bicyclic) bond motifs is 1. The number of pyridine rings is 1. The van der Waals surface area contributed by atoms with Crippen molar-refractivity contribution in [2.45, 2.75) is 33.1 Å². The van der Waals surface area contributed by atoms with Crippen LogP contribution in [0.4, 0.5) is 0 Å². The molecule has 0 bridgehead atoms. The van der Waals surface area contributed by atoms with Crippen LogP contribution in [0, 0.1) is 6.92 Å². The summed E-state index contributed by atoms with van der Waals surface area (Å²) in [4.78, 5) is 17.2. The number of benzene rings is 1. The minimum absolute atomic E-state index is 0.145. The van der Waals surface area contributed by atoms with Crippen LogP contribution in [0.5, 0.6) is 5.75 Å². The highest BCUT2D eigenvalue weighted by atomic mass is 16.5. The molecule has 3 aromatic rings. The summed E-state index contributed by atoms with van der Waals surface area (Å²) in [5.41, 5.74) is 3.55. The Labute approximate surface area is 152 Å². The van der Waals surface area contributed by atoms with Gasteiger partial charge >= 0.3 is 0 Å². The lowest BCUT2D eigenvalue weighted by Gasteiger charge is -2.10. The average molecular weight is 353 g/mol. The number of hydrogen-bond acceptors (Lipinski definition) is 5. The van der Waals surface area contributed by atoms with Gasteiger partial charge in [0.1, 0.15) is 5.75 Å². The quantitative estimate of drug-likeness (QED) is 0.732. The summed E-state index contributed by atoms with van der Waals surface area (Å²) in [7, 11) is 1.64. The lowest BCUT2D eigenvalue weighted by atomic mass is 10.0. The number of hydrogen-bond donors (Lipinski definition) is 1. The van der Waals surface area contributed by atoms with Gasteiger partial charge in [0, 0.05) is 12.2 Å². The SMILES string of the molecule is COc1cccc(CCNC(=O)c2cc(C(C)C)nc3onc(C)c23)c1. The summed E-state index contributed by atoms with van der Waals surface area (Å²) in [6.07, 6.45) is 0.719. The van der Waals surface area contributed by atoms with Crippen molar-refractivity contribution in [2.24, 2.45) is 0 Å². The predicted octanol–water partition coefficient (Wildman–Crippen LogP) is 3.64. The van der Waals surface area contributed by atoms with E-state index in [4.69, 9.17) is 9.26 Å². The van der Waals surface area contributed by atoms with E-state index in [1.807, 2.05) is 51.1 Å². The summed E-state index contributed by atoms with van der Waals surface area (Å²) in [6, 6.07) is 9.66. The first-order valence-electron chi connectivity index (χ1n) is 8.67. The number of nitrogens with one attached hydrogen (secondary N) is 1. The number of rotatable bonds is 6. The number of nitrogens with zero attached hydrogens (tertiary/aromatic N) is 2. The Balaban J connectivity index is 1.77. The van der Waals surface area contributed by atoms with Gasteiger partial charge in [-0.15, -0.1) is 0 Å². The molecule has 6 heteroatoms. The molecule has 0 aliphatic carbocycles. The number of carbonyl (C=O) groups excluding carboxylic acids is 1. The molecule has 0 fully saturated rings. The minimum Gasteiger partial charge on any atom is -0.497 e. The maximum Gasteiger partial charge on any atom is 0.259 e. The lowest BCUT2D eigenvalue weighted by Crippen LogP contribution is -2.26. The Bertz CT molecular complexity index is 931. The first kappa shape index (κ1) is 17.9. The van der Waals surface area contributed by atoms with Gasteiger partial charge in [0.15, 0.2) is 0 Å². The van der Waals surface area contributed by atoms with Crippen LogP contribution >= 0.6 is 0 Å². The molecule has 6 nitrogen and oxygen atoms in total. The van der Waals surface area contributed by atoms with E-state index < -0.39 is 0 Å². The third-order valence-corrected chi connectivity index (χ3v) is 4.31. The Morgan fingerprint density at radius 2 is 2.12 bits per heavy atom. The van der Waals surface area contributed by atoms with Crippen molar-refractivity contribution in [2.75, 3.05) is 13.7 Å². The molecule has 136 valence electrons. The van der Waals surface area contributed by atoms with E-state index in [1.54, 1.807) is 7.11 Å². The van der Waals surface area contributed by atoms with E-state index >= 15 is 0 Å². The van der Waals surface area contributed by atoms with Gasteiger partial charge in [0.2, 0.25) is 0 Å². The molecular formula is C20H23N3O3. The van der Waals surface area contributed by atoms with Crippen LogP contribution in [-0.4, -0.2) is 29.7 Å². The van der Waals surface area contributed by atoms with Crippen molar-refractivity contribution < 1.29 is 14.1 Å². The monoisotopic (exact) mass is 353 g/mol. The molecule has 0 spiro atoms. The normalized spacial score (nSPS) is 11.1. The zero-order chi connectivity index (χ0) is 18.7. The van der Waals surface area contributed by atoms with Gasteiger partial charge in [-0.3, -0.25) is 4.79 Å². The highest BCUT2D eigenvalue weighted by molar-refractivity contribution is 6.06. The van der Waals surface area contributed by atoms with Crippen molar-refractivity contribution in [3.8, 4) is 5.75 Å². The van der Waals surface area contributed by atoms with Gasteiger partial charge in [-0.05, 0) is 43.0 Å². The van der Waals surface area contributed by atoms with Gasteiger partial charge in [0.25, 0.3) is 11.6 Å². The second-order valence-corrected chi connectivity index (χ2v) is 6.55. The summed E-state index contributed by atoms with van der Waals surface area (Å²) in [6.45, 7) is 6.40. The standard InChI is InChI=1S/C20H23N3O3/c1-12(2)17-11-16(18-13(3)23-26-20(18)22-17)19(24)21-9-8-14-6-5-7-15(10-14)25-4/h5-7,10-12H,8-9H2,1-4H3,(H,21,24). The lowest BCUT2D eigenvalue weighted by molar-refractivity contribution is 0.0955. The second-order valence-electron chi connectivity index (χ2n) is 6.55. The Morgan fingerprint density at radius 3 is 2.85 bits per heavy atom. The Hall–Kier alpha value is -2.89. The molecule has 1 aromatic carbocycles. The Morgan fingerprint density at radius 1 is 1.31 bits per heavy atom. The molecule has 0 aliphatic rings. The van der Waals surface area contributed by atoms with Crippen molar-refractivity contribution in [1.82, 2.24) is 15.5 Å². The molecule has 1 N–H and O–H groups in total. The molecular weight excluding hydrogens is 330 g/mol. The maximum atomic E-state index is 12.8. The fourth-order valence-corrected chi connectivity index (χ4v) is 2.83. The number of ether oxygens (including phenoxy) is 1. The minimum atomic E-state index is -0.145. The molecule has 0 aliphatic heterocycles. The molecule has 2 heterocycles. The van der Waals surface area contributed by atoms with Gasteiger partial charge in [0.05, 0.1) is 23.8 Å². The van der Waals surface area contributed by atoms with Gasteiger partial charge < -0.3 is 14.6 Å². The molecule has 0 saturated heterocycles. The third-order valence-electron chi connectivity index (χ3n) is 4.31. The Kier molecular flexibility index (Phi) is 5.21. The number of aryl methyl sites for hydroxylation is 1. The highest BCUT2D eigenvalue weighted by Gasteiger charge is 2.19. The second kappa shape index (κ2) is 7.56. The first-order chi connectivity index (χ1) is 12.5. The number of aromatic nitrogens is 2. The number of methoxy groups -OCH3 is 1. The first-order valence-corrected chi connectivity index (χ1v) is 8.67. The average Bonchev–Trinajstić information content (AvgIpc) is 3.02. The van der Waals surface area contributed by atoms with Crippen LogP contribution in [-0.2, 0) is 6.42 Å². The van der Waals surface area contributed by atoms with Gasteiger partial charge in [-0.1, -0.05) is 31.1 Å². The van der Waals surface area contributed by atoms with Crippen molar-refractivity contribution in [1.29, 1.82) is 0 Å². The molecule has 26 heavy (non-hydrogen) atoms. The molecule has 3 rings (SSSR count). The molecule has 0 atom stereocenters. The number of amides is 1. The van der Waals surface area contributed by atoms with Crippen LogP contribution in [0.15, 0.2) is 34.9 Å². The molecule has 0 radical (unpaired) electrons. The van der Waals surface area contributed by atoms with Crippen molar-refractivity contribution in [3.63, 3.8) is 0 Å². The molecule has 0 unspecified atom stereocenters. The molecule has 2 aromatic heterocycles. The van der Waals surface area contributed by atoms with Gasteiger partial charge in [-0.2, -0.15) is 0 Å². The largest absolute Gasteiger partial charge is 0.497 e. The summed E-state index contributed by atoms with van der Waals surface area (Å²) in [5.74, 6) is 0.855. The van der Waals surface area contributed by atoms with Crippen LogP contribution in [0.1, 0.15) is 47.1 Å². The summed E-state index contributed by atoms with van der Waals surface area (Å²) in [5, 5.41) is 7.61. The number of carbonyl (C=O) groups is 1. The summed E-state index contributed by atoms with van der Waals surface area (Å²) >= 11 is 0. The fourth-order valence-electron chi connectivity index (χ4n) is 2.83. The zero-order valence-corrected chi connectivity index (χ0v) is 15.5. The van der Waals surface area contributed by atoms with E-state index in [-0.39, 0.29) is 11.8 Å². The van der Waals surface area contributed by atoms with Gasteiger partial charge in [-0.25, -0.2) is 4.98 Å².